The molecule has 0 radical (unpaired) electrons. The standard InChI is InChI=1S/C80H75N4O.Pt/c1-48-49(2)70(51-27-18-16-19-28-51)75(71(50(48)3)52-29-20-17-21-30-52)82-47-83-68-46-56(85-55-36-38-58-57-31-22-23-33-65(57)84(67(58)45-55)69-35-24-25-40-81-69)37-39-61(68)80(62-32-26-34-66(82)74(62)83)72-59(41-53(76(4,5)6)43-63(72)78(10,11)12)60-42-54(77(7,8)9)44-64(73(60)80)79(13,14)15;/h16-44,47H,1-15H3;/q-3;. The first-order valence-corrected chi connectivity index (χ1v) is 30.3. The predicted molar refractivity (Wildman–Crippen MR) is 355 cm³/mol. The van der Waals surface area contributed by atoms with Gasteiger partial charge in [-0.2, -0.15) is 12.1 Å². The molecular weight excluding hydrogens is 1230 g/mol. The third-order valence-electron chi connectivity index (χ3n) is 18.7. The van der Waals surface area contributed by atoms with Gasteiger partial charge in [-0.25, -0.2) is 4.98 Å². The first-order chi connectivity index (χ1) is 40.5. The maximum atomic E-state index is 7.20. The van der Waals surface area contributed by atoms with Gasteiger partial charge in [-0.15, -0.1) is 41.9 Å². The monoisotopic (exact) mass is 1300 g/mol. The Kier molecular flexibility index (Phi) is 13.3. The molecule has 0 atom stereocenters. The Morgan fingerprint density at radius 3 is 1.58 bits per heavy atom. The van der Waals surface area contributed by atoms with Crippen LogP contribution in [0.5, 0.6) is 11.5 Å². The van der Waals surface area contributed by atoms with Crippen molar-refractivity contribution < 1.29 is 25.8 Å². The molecule has 2 aromatic heterocycles. The number of fused-ring (bicyclic) bond motifs is 12. The zero-order valence-electron chi connectivity index (χ0n) is 52.3. The smallest absolute Gasteiger partial charge is 0.135 e. The van der Waals surface area contributed by atoms with Crippen molar-refractivity contribution in [2.45, 2.75) is 131 Å². The van der Waals surface area contributed by atoms with Gasteiger partial charge in [0.05, 0.1) is 0 Å². The molecule has 86 heavy (non-hydrogen) atoms. The first kappa shape index (κ1) is 57.1. The minimum absolute atomic E-state index is 0. The molecule has 0 amide bonds. The van der Waals surface area contributed by atoms with Crippen LogP contribution in [0.25, 0.3) is 61.0 Å². The zero-order valence-corrected chi connectivity index (χ0v) is 54.6. The number of nitrogens with zero attached hydrogens (tertiary/aromatic N) is 4. The van der Waals surface area contributed by atoms with Crippen molar-refractivity contribution in [3.05, 3.63) is 256 Å². The maximum absolute atomic E-state index is 7.20. The van der Waals surface area contributed by atoms with Crippen LogP contribution in [0.15, 0.2) is 176 Å². The van der Waals surface area contributed by atoms with Crippen LogP contribution in [0.1, 0.15) is 144 Å². The van der Waals surface area contributed by atoms with E-state index >= 15 is 0 Å². The van der Waals surface area contributed by atoms with E-state index in [4.69, 9.17) is 9.72 Å². The molecule has 0 bridgehead atoms. The van der Waals surface area contributed by atoms with Crippen molar-refractivity contribution >= 4 is 44.6 Å². The number of rotatable bonds is 6. The second-order valence-electron chi connectivity index (χ2n) is 28.2. The van der Waals surface area contributed by atoms with E-state index in [0.29, 0.717) is 11.5 Å². The Balaban J connectivity index is 0.00000686. The van der Waals surface area contributed by atoms with E-state index in [1.165, 1.54) is 94.6 Å². The molecule has 1 spiro atoms. The van der Waals surface area contributed by atoms with Crippen molar-refractivity contribution in [1.29, 1.82) is 0 Å². The van der Waals surface area contributed by atoms with Gasteiger partial charge in [0.1, 0.15) is 5.82 Å². The molecule has 6 heteroatoms. The van der Waals surface area contributed by atoms with Crippen LogP contribution in [0.2, 0.25) is 0 Å². The Morgan fingerprint density at radius 1 is 0.477 bits per heavy atom. The van der Waals surface area contributed by atoms with E-state index in [2.05, 4.69) is 295 Å². The Labute approximate surface area is 524 Å². The zero-order chi connectivity index (χ0) is 59.4. The number of benzene rings is 9. The van der Waals surface area contributed by atoms with Crippen LogP contribution in [0, 0.1) is 39.6 Å². The van der Waals surface area contributed by atoms with E-state index in [0.717, 1.165) is 50.4 Å². The number of aromatic nitrogens is 2. The maximum Gasteiger partial charge on any atom is 0.135 e. The van der Waals surface area contributed by atoms with Gasteiger partial charge in [0.25, 0.3) is 0 Å². The molecule has 11 aromatic rings. The Hall–Kier alpha value is -7.98. The molecular formula is C80H75N4OPt-3. The predicted octanol–water partition coefficient (Wildman–Crippen LogP) is 21.1. The van der Waals surface area contributed by atoms with Gasteiger partial charge in [0.15, 0.2) is 0 Å². The molecule has 0 saturated heterocycles. The number of para-hydroxylation sites is 2. The molecule has 0 N–H and O–H groups in total. The van der Waals surface area contributed by atoms with Gasteiger partial charge in [0.2, 0.25) is 0 Å². The van der Waals surface area contributed by atoms with Crippen LogP contribution >= 0.6 is 0 Å². The summed E-state index contributed by atoms with van der Waals surface area (Å²) in [5.41, 5.74) is 26.5. The molecule has 3 aliphatic rings. The van der Waals surface area contributed by atoms with Crippen molar-refractivity contribution in [1.82, 2.24) is 9.55 Å². The number of hydrogen-bond donors (Lipinski definition) is 0. The summed E-state index contributed by atoms with van der Waals surface area (Å²) in [6.45, 7) is 38.0. The van der Waals surface area contributed by atoms with E-state index in [-0.39, 0.29) is 42.7 Å². The summed E-state index contributed by atoms with van der Waals surface area (Å²) in [7, 11) is 0. The molecule has 0 saturated carbocycles. The van der Waals surface area contributed by atoms with Gasteiger partial charge >= 0.3 is 0 Å². The SMILES string of the molecule is Cc1c(C)c(-c2ccccc2)c(N2[CH-]N3c4[c-]c(Oc5[c-]c6c(cc5)c5ccccc5n6-c5ccccn5)ccc4C4(c5cccc2c53)c2c(cc(C(C)(C)C)cc2C(C)(C)C)-c2cc(C(C)(C)C)cc(C(C)(C)C)c24)c(-c2ccccc2)c1C.[Pt]. The van der Waals surface area contributed by atoms with Gasteiger partial charge < -0.3 is 19.1 Å². The average molecular weight is 1300 g/mol. The van der Waals surface area contributed by atoms with Crippen LogP contribution in [-0.4, -0.2) is 9.55 Å². The Bertz CT molecular complexity index is 4400. The van der Waals surface area contributed by atoms with Crippen LogP contribution in [-0.2, 0) is 48.1 Å². The van der Waals surface area contributed by atoms with Crippen molar-refractivity contribution in [3.8, 4) is 50.7 Å². The summed E-state index contributed by atoms with van der Waals surface area (Å²) in [4.78, 5) is 9.81. The minimum Gasteiger partial charge on any atom is -0.509 e. The summed E-state index contributed by atoms with van der Waals surface area (Å²) in [6.07, 6.45) is 1.85. The van der Waals surface area contributed by atoms with E-state index in [1.54, 1.807) is 0 Å². The van der Waals surface area contributed by atoms with Crippen LogP contribution in [0.3, 0.4) is 0 Å². The second kappa shape index (κ2) is 20.0. The first-order valence-electron chi connectivity index (χ1n) is 30.3. The summed E-state index contributed by atoms with van der Waals surface area (Å²) >= 11 is 0. The second-order valence-corrected chi connectivity index (χ2v) is 28.2. The van der Waals surface area contributed by atoms with Gasteiger partial charge in [0, 0.05) is 77.9 Å². The van der Waals surface area contributed by atoms with Gasteiger partial charge in [-0.3, -0.25) is 0 Å². The van der Waals surface area contributed by atoms with E-state index < -0.39 is 5.41 Å². The van der Waals surface area contributed by atoms with Gasteiger partial charge in [-0.1, -0.05) is 216 Å². The molecule has 0 fully saturated rings. The van der Waals surface area contributed by atoms with E-state index in [9.17, 15) is 0 Å². The largest absolute Gasteiger partial charge is 0.509 e. The van der Waals surface area contributed by atoms with E-state index in [1.807, 2.05) is 18.3 Å². The summed E-state index contributed by atoms with van der Waals surface area (Å²) in [5.74, 6) is 2.03. The topological polar surface area (TPSA) is 33.5 Å². The average Bonchev–Trinajstić information content (AvgIpc) is 1.45. The fraction of sp³-hybridized carbons (Fsp3) is 0.250. The molecule has 434 valence electrons. The summed E-state index contributed by atoms with van der Waals surface area (Å²) in [6, 6.07) is 70.6. The molecule has 14 rings (SSSR count). The molecule has 2 aliphatic heterocycles. The quantitative estimate of drug-likeness (QED) is 0.155. The number of hydrogen-bond acceptors (Lipinski definition) is 4. The normalized spacial score (nSPS) is 14.1. The Morgan fingerprint density at radius 2 is 1.02 bits per heavy atom. The number of anilines is 4. The summed E-state index contributed by atoms with van der Waals surface area (Å²) < 4.78 is 9.39. The third kappa shape index (κ3) is 8.60. The third-order valence-corrected chi connectivity index (χ3v) is 18.7. The summed E-state index contributed by atoms with van der Waals surface area (Å²) in [5, 5.41) is 2.22. The molecule has 9 aromatic carbocycles. The minimum atomic E-state index is -0.808. The molecule has 5 nitrogen and oxygen atoms in total. The van der Waals surface area contributed by atoms with Crippen LogP contribution in [0.4, 0.5) is 22.7 Å². The number of pyridine rings is 1. The molecule has 1 aliphatic carbocycles. The van der Waals surface area contributed by atoms with Gasteiger partial charge in [-0.05, 0) is 150 Å². The molecule has 4 heterocycles. The van der Waals surface area contributed by atoms with Crippen molar-refractivity contribution in [3.63, 3.8) is 0 Å². The fourth-order valence-electron chi connectivity index (χ4n) is 14.3. The van der Waals surface area contributed by atoms with Crippen LogP contribution < -0.4 is 14.5 Å². The number of ether oxygens (including phenoxy) is 1. The fourth-order valence-corrected chi connectivity index (χ4v) is 14.3. The van der Waals surface area contributed by atoms with Crippen molar-refractivity contribution in [2.75, 3.05) is 9.80 Å². The van der Waals surface area contributed by atoms with Crippen molar-refractivity contribution in [2.24, 2.45) is 0 Å². The molecule has 0 unspecified atom stereocenters.